The Morgan fingerprint density at radius 3 is 2.80 bits per heavy atom. The second kappa shape index (κ2) is 4.72. The molecular formula is C10H11BrFNO2. The van der Waals surface area contributed by atoms with Gasteiger partial charge in [-0.15, -0.1) is 0 Å². The van der Waals surface area contributed by atoms with E-state index in [4.69, 9.17) is 10.8 Å². The quantitative estimate of drug-likeness (QED) is 0.885. The normalized spacial score (nSPS) is 12.5. The monoisotopic (exact) mass is 275 g/mol. The van der Waals surface area contributed by atoms with Crippen LogP contribution in [0, 0.1) is 12.7 Å². The molecule has 0 fully saturated rings. The predicted molar refractivity (Wildman–Crippen MR) is 58.2 cm³/mol. The molecule has 0 aliphatic carbocycles. The summed E-state index contributed by atoms with van der Waals surface area (Å²) in [5, 5.41) is 8.64. The molecule has 0 saturated carbocycles. The minimum absolute atomic E-state index is 0.123. The van der Waals surface area contributed by atoms with Crippen molar-refractivity contribution in [2.45, 2.75) is 19.4 Å². The molecule has 5 heteroatoms. The lowest BCUT2D eigenvalue weighted by Crippen LogP contribution is -2.32. The largest absolute Gasteiger partial charge is 0.480 e. The average molecular weight is 276 g/mol. The highest BCUT2D eigenvalue weighted by molar-refractivity contribution is 9.10. The van der Waals surface area contributed by atoms with Crippen LogP contribution < -0.4 is 5.73 Å². The summed E-state index contributed by atoms with van der Waals surface area (Å²) in [5.74, 6) is -1.49. The number of hydrogen-bond donors (Lipinski definition) is 2. The van der Waals surface area contributed by atoms with Gasteiger partial charge in [-0.2, -0.15) is 0 Å². The van der Waals surface area contributed by atoms with Crippen LogP contribution in [0.5, 0.6) is 0 Å². The van der Waals surface area contributed by atoms with Gasteiger partial charge in [0.15, 0.2) is 0 Å². The van der Waals surface area contributed by atoms with E-state index in [0.717, 1.165) is 5.56 Å². The summed E-state index contributed by atoms with van der Waals surface area (Å²) in [7, 11) is 0. The zero-order valence-corrected chi connectivity index (χ0v) is 9.71. The Bertz CT molecular complexity index is 395. The molecule has 1 atom stereocenters. The Labute approximate surface area is 95.2 Å². The van der Waals surface area contributed by atoms with Gasteiger partial charge >= 0.3 is 5.97 Å². The van der Waals surface area contributed by atoms with Gasteiger partial charge in [0.25, 0.3) is 0 Å². The van der Waals surface area contributed by atoms with Gasteiger partial charge in [0.05, 0.1) is 0 Å². The summed E-state index contributed by atoms with van der Waals surface area (Å²) in [6, 6.07) is 1.64. The lowest BCUT2D eigenvalue weighted by molar-refractivity contribution is -0.138. The molecule has 1 aromatic carbocycles. The zero-order chi connectivity index (χ0) is 11.6. The number of nitrogens with two attached hydrogens (primary N) is 1. The fourth-order valence-electron chi connectivity index (χ4n) is 1.24. The first-order valence-electron chi connectivity index (χ1n) is 4.34. The number of rotatable bonds is 3. The standard InChI is InChI=1S/C10H11BrFNO2/c1-5-6(3-9(13)10(14)15)2-7(12)4-8(5)11/h2,4,9H,3,13H2,1H3,(H,14,15). The molecule has 0 bridgehead atoms. The first-order chi connectivity index (χ1) is 6.91. The van der Waals surface area contributed by atoms with Crippen molar-refractivity contribution >= 4 is 21.9 Å². The Morgan fingerprint density at radius 1 is 1.67 bits per heavy atom. The highest BCUT2D eigenvalue weighted by Crippen LogP contribution is 2.22. The van der Waals surface area contributed by atoms with Crippen LogP contribution in [-0.2, 0) is 11.2 Å². The average Bonchev–Trinajstić information content (AvgIpc) is 2.13. The number of halogens is 2. The molecule has 0 saturated heterocycles. The maximum Gasteiger partial charge on any atom is 0.320 e. The van der Waals surface area contributed by atoms with Crippen LogP contribution >= 0.6 is 15.9 Å². The first kappa shape index (κ1) is 12.1. The van der Waals surface area contributed by atoms with Crippen molar-refractivity contribution in [2.75, 3.05) is 0 Å². The third-order valence-corrected chi connectivity index (χ3v) is 3.00. The number of hydrogen-bond acceptors (Lipinski definition) is 2. The number of carboxylic acid groups (broad SMARTS) is 1. The van der Waals surface area contributed by atoms with Crippen molar-refractivity contribution in [3.8, 4) is 0 Å². The lowest BCUT2D eigenvalue weighted by atomic mass is 10.0. The molecule has 0 amide bonds. The maximum atomic E-state index is 13.0. The lowest BCUT2D eigenvalue weighted by Gasteiger charge is -2.10. The summed E-state index contributed by atoms with van der Waals surface area (Å²) >= 11 is 3.20. The number of aliphatic carboxylic acids is 1. The Balaban J connectivity index is 2.99. The van der Waals surface area contributed by atoms with Crippen LogP contribution in [0.4, 0.5) is 4.39 Å². The highest BCUT2D eigenvalue weighted by Gasteiger charge is 2.15. The Morgan fingerprint density at radius 2 is 2.27 bits per heavy atom. The molecular weight excluding hydrogens is 265 g/mol. The summed E-state index contributed by atoms with van der Waals surface area (Å²) in [6.45, 7) is 1.79. The van der Waals surface area contributed by atoms with Gasteiger partial charge in [-0.05, 0) is 36.6 Å². The van der Waals surface area contributed by atoms with Gasteiger partial charge in [-0.25, -0.2) is 4.39 Å². The van der Waals surface area contributed by atoms with Crippen LogP contribution in [-0.4, -0.2) is 17.1 Å². The van der Waals surface area contributed by atoms with E-state index >= 15 is 0 Å². The molecule has 1 rings (SSSR count). The van der Waals surface area contributed by atoms with Crippen LogP contribution in [0.1, 0.15) is 11.1 Å². The van der Waals surface area contributed by atoms with Crippen molar-refractivity contribution in [2.24, 2.45) is 5.73 Å². The minimum Gasteiger partial charge on any atom is -0.480 e. The van der Waals surface area contributed by atoms with E-state index in [9.17, 15) is 9.18 Å². The molecule has 3 nitrogen and oxygen atoms in total. The fraction of sp³-hybridized carbons (Fsp3) is 0.300. The van der Waals surface area contributed by atoms with E-state index in [1.807, 2.05) is 0 Å². The second-order valence-electron chi connectivity index (χ2n) is 3.32. The summed E-state index contributed by atoms with van der Waals surface area (Å²) in [6.07, 6.45) is 0.123. The summed E-state index contributed by atoms with van der Waals surface area (Å²) in [4.78, 5) is 10.6. The van der Waals surface area contributed by atoms with Gasteiger partial charge in [0.2, 0.25) is 0 Å². The summed E-state index contributed by atoms with van der Waals surface area (Å²) < 4.78 is 13.7. The molecule has 15 heavy (non-hydrogen) atoms. The smallest absolute Gasteiger partial charge is 0.320 e. The molecule has 0 aromatic heterocycles. The van der Waals surface area contributed by atoms with Crippen LogP contribution in [0.3, 0.4) is 0 Å². The number of carbonyl (C=O) groups is 1. The maximum absolute atomic E-state index is 13.0. The predicted octanol–water partition coefficient (Wildman–Crippen LogP) is 1.85. The SMILES string of the molecule is Cc1c(Br)cc(F)cc1CC(N)C(=O)O. The highest BCUT2D eigenvalue weighted by atomic mass is 79.9. The van der Waals surface area contributed by atoms with Crippen molar-refractivity contribution < 1.29 is 14.3 Å². The van der Waals surface area contributed by atoms with E-state index in [0.29, 0.717) is 10.0 Å². The molecule has 82 valence electrons. The topological polar surface area (TPSA) is 63.3 Å². The fourth-order valence-corrected chi connectivity index (χ4v) is 1.71. The first-order valence-corrected chi connectivity index (χ1v) is 5.14. The molecule has 0 radical (unpaired) electrons. The molecule has 0 heterocycles. The third kappa shape index (κ3) is 3.00. The molecule has 0 aliphatic rings. The van der Waals surface area contributed by atoms with Gasteiger partial charge in [-0.1, -0.05) is 15.9 Å². The van der Waals surface area contributed by atoms with E-state index in [2.05, 4.69) is 15.9 Å². The van der Waals surface area contributed by atoms with E-state index in [1.165, 1.54) is 12.1 Å². The molecule has 1 unspecified atom stereocenters. The Kier molecular flexibility index (Phi) is 3.82. The van der Waals surface area contributed by atoms with Gasteiger partial charge < -0.3 is 10.8 Å². The van der Waals surface area contributed by atoms with Crippen molar-refractivity contribution in [1.82, 2.24) is 0 Å². The van der Waals surface area contributed by atoms with Crippen molar-refractivity contribution in [1.29, 1.82) is 0 Å². The number of benzene rings is 1. The van der Waals surface area contributed by atoms with Gasteiger partial charge in [0.1, 0.15) is 11.9 Å². The van der Waals surface area contributed by atoms with Crippen LogP contribution in [0.2, 0.25) is 0 Å². The second-order valence-corrected chi connectivity index (χ2v) is 4.17. The van der Waals surface area contributed by atoms with Gasteiger partial charge in [0, 0.05) is 4.47 Å². The van der Waals surface area contributed by atoms with E-state index in [-0.39, 0.29) is 6.42 Å². The minimum atomic E-state index is -1.09. The zero-order valence-electron chi connectivity index (χ0n) is 8.13. The van der Waals surface area contributed by atoms with Crippen LogP contribution in [0.15, 0.2) is 16.6 Å². The van der Waals surface area contributed by atoms with Crippen molar-refractivity contribution in [3.63, 3.8) is 0 Å². The van der Waals surface area contributed by atoms with Gasteiger partial charge in [-0.3, -0.25) is 4.79 Å². The third-order valence-electron chi connectivity index (χ3n) is 2.17. The number of carboxylic acids is 1. The van der Waals surface area contributed by atoms with Crippen LogP contribution in [0.25, 0.3) is 0 Å². The van der Waals surface area contributed by atoms with Crippen molar-refractivity contribution in [3.05, 3.63) is 33.5 Å². The van der Waals surface area contributed by atoms with E-state index in [1.54, 1.807) is 6.92 Å². The Hall–Kier alpha value is -0.940. The van der Waals surface area contributed by atoms with E-state index < -0.39 is 17.8 Å². The molecule has 0 aliphatic heterocycles. The molecule has 1 aromatic rings. The molecule has 0 spiro atoms. The summed E-state index contributed by atoms with van der Waals surface area (Å²) in [5.41, 5.74) is 6.80. The molecule has 3 N–H and O–H groups in total.